The first-order valence-electron chi connectivity index (χ1n) is 11.9. The van der Waals surface area contributed by atoms with Crippen LogP contribution >= 0.6 is 0 Å². The molecule has 1 aliphatic rings. The highest BCUT2D eigenvalue weighted by Crippen LogP contribution is 2.28. The largest absolute Gasteiger partial charge is 0.353 e. The summed E-state index contributed by atoms with van der Waals surface area (Å²) in [6.45, 7) is 18.2. The molecule has 1 saturated heterocycles. The van der Waals surface area contributed by atoms with E-state index in [4.69, 9.17) is 4.98 Å². The van der Waals surface area contributed by atoms with E-state index in [1.54, 1.807) is 0 Å². The highest BCUT2D eigenvalue weighted by atomic mass is 16.2. The molecule has 0 unspecified atom stereocenters. The Kier molecular flexibility index (Phi) is 7.58. The molecule has 3 rings (SSSR count). The Bertz CT molecular complexity index is 922. The van der Waals surface area contributed by atoms with E-state index in [1.165, 1.54) is 16.7 Å². The number of amides is 1. The molecule has 1 aromatic heterocycles. The molecule has 2 heterocycles. The highest BCUT2D eigenvalue weighted by molar-refractivity contribution is 5.76. The van der Waals surface area contributed by atoms with Crippen molar-refractivity contribution in [2.24, 2.45) is 11.3 Å². The lowest BCUT2D eigenvalue weighted by Crippen LogP contribution is -2.49. The molecule has 1 aromatic carbocycles. The van der Waals surface area contributed by atoms with Crippen molar-refractivity contribution in [2.75, 3.05) is 31.1 Å². The van der Waals surface area contributed by atoms with Crippen molar-refractivity contribution in [1.29, 1.82) is 0 Å². The third-order valence-electron chi connectivity index (χ3n) is 6.22. The monoisotopic (exact) mass is 436 g/mol. The minimum Gasteiger partial charge on any atom is -0.353 e. The molecule has 1 fully saturated rings. The van der Waals surface area contributed by atoms with Crippen molar-refractivity contribution in [2.45, 2.75) is 67.7 Å². The SMILES string of the molecule is Cc1ccc(Cc2c(C)nc(C)nc2N2CCN(C(=O)C[C@H](C)CC(C)(C)C)CC2)cc1. The van der Waals surface area contributed by atoms with E-state index in [0.29, 0.717) is 12.3 Å². The van der Waals surface area contributed by atoms with Crippen LogP contribution in [0.5, 0.6) is 0 Å². The Labute approximate surface area is 194 Å². The number of hydrogen-bond donors (Lipinski definition) is 0. The summed E-state index contributed by atoms with van der Waals surface area (Å²) in [5.74, 6) is 2.54. The average molecular weight is 437 g/mol. The summed E-state index contributed by atoms with van der Waals surface area (Å²) < 4.78 is 0. The van der Waals surface area contributed by atoms with Gasteiger partial charge < -0.3 is 9.80 Å². The average Bonchev–Trinajstić information content (AvgIpc) is 2.70. The van der Waals surface area contributed by atoms with Gasteiger partial charge in [-0.3, -0.25) is 4.79 Å². The van der Waals surface area contributed by atoms with Gasteiger partial charge in [-0.2, -0.15) is 0 Å². The molecule has 0 saturated carbocycles. The van der Waals surface area contributed by atoms with Crippen molar-refractivity contribution in [1.82, 2.24) is 14.9 Å². The highest BCUT2D eigenvalue weighted by Gasteiger charge is 2.26. The van der Waals surface area contributed by atoms with Crippen LogP contribution in [0.2, 0.25) is 0 Å². The molecule has 1 amide bonds. The summed E-state index contributed by atoms with van der Waals surface area (Å²) in [5, 5.41) is 0. The molecule has 0 N–H and O–H groups in total. The maximum Gasteiger partial charge on any atom is 0.222 e. The maximum atomic E-state index is 12.9. The number of aryl methyl sites for hydroxylation is 3. The summed E-state index contributed by atoms with van der Waals surface area (Å²) >= 11 is 0. The van der Waals surface area contributed by atoms with Crippen molar-refractivity contribution < 1.29 is 4.79 Å². The van der Waals surface area contributed by atoms with Crippen molar-refractivity contribution in [3.05, 3.63) is 52.5 Å². The van der Waals surface area contributed by atoms with Crippen LogP contribution in [0.15, 0.2) is 24.3 Å². The molecule has 1 atom stereocenters. The van der Waals surface area contributed by atoms with E-state index in [2.05, 4.69) is 75.7 Å². The van der Waals surface area contributed by atoms with E-state index >= 15 is 0 Å². The van der Waals surface area contributed by atoms with Gasteiger partial charge in [-0.1, -0.05) is 57.5 Å². The molecule has 174 valence electrons. The van der Waals surface area contributed by atoms with Gasteiger partial charge in [0, 0.05) is 50.3 Å². The zero-order valence-corrected chi connectivity index (χ0v) is 21.0. The smallest absolute Gasteiger partial charge is 0.222 e. The summed E-state index contributed by atoms with van der Waals surface area (Å²) in [5.41, 5.74) is 5.03. The number of nitrogens with zero attached hydrogens (tertiary/aromatic N) is 4. The van der Waals surface area contributed by atoms with Crippen LogP contribution in [0, 0.1) is 32.1 Å². The third-order valence-corrected chi connectivity index (χ3v) is 6.22. The Morgan fingerprint density at radius 1 is 1.00 bits per heavy atom. The Balaban J connectivity index is 1.68. The normalized spacial score (nSPS) is 15.7. The van der Waals surface area contributed by atoms with E-state index in [0.717, 1.165) is 56.4 Å². The fourth-order valence-corrected chi connectivity index (χ4v) is 4.81. The minimum atomic E-state index is 0.259. The van der Waals surface area contributed by atoms with E-state index in [1.807, 2.05) is 11.8 Å². The lowest BCUT2D eigenvalue weighted by atomic mass is 9.84. The van der Waals surface area contributed by atoms with Gasteiger partial charge in [0.15, 0.2) is 0 Å². The second-order valence-corrected chi connectivity index (χ2v) is 10.8. The first kappa shape index (κ1) is 24.2. The van der Waals surface area contributed by atoms with Crippen LogP contribution in [0.4, 0.5) is 5.82 Å². The van der Waals surface area contributed by atoms with Crippen LogP contribution in [-0.4, -0.2) is 47.0 Å². The molecule has 5 nitrogen and oxygen atoms in total. The van der Waals surface area contributed by atoms with Crippen LogP contribution in [-0.2, 0) is 11.2 Å². The summed E-state index contributed by atoms with van der Waals surface area (Å²) in [6, 6.07) is 8.69. The number of anilines is 1. The zero-order chi connectivity index (χ0) is 23.5. The van der Waals surface area contributed by atoms with Gasteiger partial charge in [-0.25, -0.2) is 9.97 Å². The quantitative estimate of drug-likeness (QED) is 0.632. The molecule has 1 aliphatic heterocycles. The second-order valence-electron chi connectivity index (χ2n) is 10.8. The molecule has 0 bridgehead atoms. The predicted molar refractivity (Wildman–Crippen MR) is 132 cm³/mol. The third kappa shape index (κ3) is 6.54. The summed E-state index contributed by atoms with van der Waals surface area (Å²) in [4.78, 5) is 26.7. The zero-order valence-electron chi connectivity index (χ0n) is 21.0. The van der Waals surface area contributed by atoms with Gasteiger partial charge >= 0.3 is 0 Å². The van der Waals surface area contributed by atoms with Crippen molar-refractivity contribution in [3.8, 4) is 0 Å². The summed E-state index contributed by atoms with van der Waals surface area (Å²) in [6.07, 6.45) is 2.54. The van der Waals surface area contributed by atoms with Crippen LogP contribution in [0.25, 0.3) is 0 Å². The number of piperazine rings is 1. The molecule has 0 radical (unpaired) electrons. The first-order valence-corrected chi connectivity index (χ1v) is 11.9. The number of benzene rings is 1. The Morgan fingerprint density at radius 2 is 1.62 bits per heavy atom. The van der Waals surface area contributed by atoms with Crippen LogP contribution in [0.3, 0.4) is 0 Å². The fourth-order valence-electron chi connectivity index (χ4n) is 4.81. The Morgan fingerprint density at radius 3 is 2.22 bits per heavy atom. The topological polar surface area (TPSA) is 49.3 Å². The molecular weight excluding hydrogens is 396 g/mol. The first-order chi connectivity index (χ1) is 15.0. The summed E-state index contributed by atoms with van der Waals surface area (Å²) in [7, 11) is 0. The molecule has 32 heavy (non-hydrogen) atoms. The molecule has 5 heteroatoms. The van der Waals surface area contributed by atoms with Gasteiger partial charge in [-0.05, 0) is 44.1 Å². The fraction of sp³-hybridized carbons (Fsp3) is 0.593. The second kappa shape index (κ2) is 10.0. The predicted octanol–water partition coefficient (Wildman–Crippen LogP) is 5.10. The van der Waals surface area contributed by atoms with E-state index in [9.17, 15) is 4.79 Å². The minimum absolute atomic E-state index is 0.259. The van der Waals surface area contributed by atoms with Crippen molar-refractivity contribution in [3.63, 3.8) is 0 Å². The van der Waals surface area contributed by atoms with Gasteiger partial charge in [0.1, 0.15) is 11.6 Å². The lowest BCUT2D eigenvalue weighted by molar-refractivity contribution is -0.132. The maximum absolute atomic E-state index is 12.9. The molecule has 0 aliphatic carbocycles. The van der Waals surface area contributed by atoms with Crippen LogP contribution in [0.1, 0.15) is 68.7 Å². The lowest BCUT2D eigenvalue weighted by Gasteiger charge is -2.37. The molecular formula is C27H40N4O. The van der Waals surface area contributed by atoms with Gasteiger partial charge in [-0.15, -0.1) is 0 Å². The Hall–Kier alpha value is -2.43. The number of carbonyl (C=O) groups is 1. The molecule has 2 aromatic rings. The number of hydrogen-bond acceptors (Lipinski definition) is 4. The molecule has 0 spiro atoms. The van der Waals surface area contributed by atoms with E-state index < -0.39 is 0 Å². The van der Waals surface area contributed by atoms with Crippen LogP contribution < -0.4 is 4.90 Å². The van der Waals surface area contributed by atoms with Gasteiger partial charge in [0.05, 0.1) is 0 Å². The van der Waals surface area contributed by atoms with Gasteiger partial charge in [0.2, 0.25) is 5.91 Å². The van der Waals surface area contributed by atoms with E-state index in [-0.39, 0.29) is 11.3 Å². The standard InChI is InChI=1S/C27H40N4O/c1-19-8-10-23(11-9-19)17-24-21(3)28-22(4)29-26(24)31-14-12-30(13-15-31)25(32)16-20(2)18-27(5,6)7/h8-11,20H,12-18H2,1-7H3/t20-/m0/s1. The van der Waals surface area contributed by atoms with Gasteiger partial charge in [0.25, 0.3) is 0 Å². The van der Waals surface area contributed by atoms with Crippen molar-refractivity contribution >= 4 is 11.7 Å². The number of aromatic nitrogens is 2. The number of carbonyl (C=O) groups excluding carboxylic acids is 1. The number of rotatable bonds is 6.